The molecule has 104 valence electrons. The van der Waals surface area contributed by atoms with E-state index in [0.29, 0.717) is 18.9 Å². The third-order valence-electron chi connectivity index (χ3n) is 3.27. The lowest BCUT2D eigenvalue weighted by atomic mass is 10.2. The number of aromatic nitrogens is 2. The van der Waals surface area contributed by atoms with Gasteiger partial charge in [-0.05, 0) is 24.8 Å². The van der Waals surface area contributed by atoms with Gasteiger partial charge in [-0.2, -0.15) is 5.10 Å². The van der Waals surface area contributed by atoms with Gasteiger partial charge in [-0.25, -0.2) is 15.4 Å². The van der Waals surface area contributed by atoms with Gasteiger partial charge >= 0.3 is 0 Å². The van der Waals surface area contributed by atoms with Crippen LogP contribution in [-0.4, -0.2) is 34.0 Å². The molecule has 7 heteroatoms. The summed E-state index contributed by atoms with van der Waals surface area (Å²) in [6.45, 7) is 0.470. The fourth-order valence-corrected chi connectivity index (χ4v) is 1.96. The molecule has 7 nitrogen and oxygen atoms in total. The number of carbonyl (C=O) groups excluding carboxylic acids is 2. The van der Waals surface area contributed by atoms with Crippen LogP contribution in [0.25, 0.3) is 0 Å². The van der Waals surface area contributed by atoms with Gasteiger partial charge in [0.2, 0.25) is 5.91 Å². The first-order valence-electron chi connectivity index (χ1n) is 6.67. The van der Waals surface area contributed by atoms with Crippen LogP contribution in [0.15, 0.2) is 17.5 Å². The van der Waals surface area contributed by atoms with Gasteiger partial charge in [0.15, 0.2) is 0 Å². The Morgan fingerprint density at radius 3 is 2.70 bits per heavy atom. The van der Waals surface area contributed by atoms with Crippen molar-refractivity contribution in [1.82, 2.24) is 20.7 Å². The van der Waals surface area contributed by atoms with Gasteiger partial charge in [-0.1, -0.05) is 0 Å². The smallest absolute Gasteiger partial charge is 0.268 e. The predicted molar refractivity (Wildman–Crippen MR) is 70.9 cm³/mol. The Hall–Kier alpha value is -2.31. The summed E-state index contributed by atoms with van der Waals surface area (Å²) in [5.41, 5.74) is 3.46. The van der Waals surface area contributed by atoms with Crippen molar-refractivity contribution in [3.63, 3.8) is 0 Å². The van der Waals surface area contributed by atoms with Crippen LogP contribution in [0, 0.1) is 0 Å². The summed E-state index contributed by atoms with van der Waals surface area (Å²) in [7, 11) is 0. The minimum atomic E-state index is -0.307. The summed E-state index contributed by atoms with van der Waals surface area (Å²) in [6, 6.07) is 0. The SMILES string of the molecule is O=C1CC(C(=O)NCCc2cnc(C3CC3)nc2)=NN1. The molecule has 2 N–H and O–H groups in total. The lowest BCUT2D eigenvalue weighted by Gasteiger charge is -2.04. The Morgan fingerprint density at radius 1 is 1.35 bits per heavy atom. The maximum Gasteiger partial charge on any atom is 0.268 e. The number of nitrogens with zero attached hydrogens (tertiary/aromatic N) is 3. The molecule has 2 aliphatic rings. The van der Waals surface area contributed by atoms with Crippen LogP contribution in [0.5, 0.6) is 0 Å². The molecule has 2 heterocycles. The van der Waals surface area contributed by atoms with Gasteiger partial charge in [-0.3, -0.25) is 9.59 Å². The topological polar surface area (TPSA) is 96.3 Å². The molecule has 0 saturated heterocycles. The maximum atomic E-state index is 11.7. The van der Waals surface area contributed by atoms with E-state index in [4.69, 9.17) is 0 Å². The molecule has 20 heavy (non-hydrogen) atoms. The normalized spacial score (nSPS) is 17.6. The van der Waals surface area contributed by atoms with Crippen LogP contribution >= 0.6 is 0 Å². The molecule has 1 aromatic heterocycles. The second kappa shape index (κ2) is 5.36. The highest BCUT2D eigenvalue weighted by molar-refractivity contribution is 6.43. The fraction of sp³-hybridized carbons (Fsp3) is 0.462. The van der Waals surface area contributed by atoms with Crippen molar-refractivity contribution in [1.29, 1.82) is 0 Å². The molecule has 0 spiro atoms. The molecule has 1 fully saturated rings. The van der Waals surface area contributed by atoms with Crippen molar-refractivity contribution in [3.8, 4) is 0 Å². The van der Waals surface area contributed by atoms with E-state index in [1.165, 1.54) is 12.8 Å². The third-order valence-corrected chi connectivity index (χ3v) is 3.27. The highest BCUT2D eigenvalue weighted by atomic mass is 16.2. The molecule has 0 radical (unpaired) electrons. The number of hydrazone groups is 1. The van der Waals surface area contributed by atoms with E-state index in [9.17, 15) is 9.59 Å². The molecule has 1 aliphatic heterocycles. The quantitative estimate of drug-likeness (QED) is 0.782. The number of hydrogen-bond acceptors (Lipinski definition) is 5. The summed E-state index contributed by atoms with van der Waals surface area (Å²) in [4.78, 5) is 31.2. The van der Waals surface area contributed by atoms with Gasteiger partial charge in [0.1, 0.15) is 11.5 Å². The number of nitrogens with one attached hydrogen (secondary N) is 2. The molecule has 3 rings (SSSR count). The monoisotopic (exact) mass is 273 g/mol. The average Bonchev–Trinajstić information content (AvgIpc) is 3.21. The molecule has 2 amide bonds. The molecule has 0 atom stereocenters. The van der Waals surface area contributed by atoms with Crippen molar-refractivity contribution in [3.05, 3.63) is 23.8 Å². The van der Waals surface area contributed by atoms with E-state index < -0.39 is 0 Å². The standard InChI is InChI=1S/C13H15N5O2/c19-11-5-10(17-18-11)13(20)14-4-3-8-6-15-12(16-7-8)9-1-2-9/h6-7,9H,1-5H2,(H,14,20)(H,18,19). The third kappa shape index (κ3) is 2.98. The Balaban J connectivity index is 1.45. The molecule has 1 aliphatic carbocycles. The van der Waals surface area contributed by atoms with Gasteiger partial charge in [-0.15, -0.1) is 0 Å². The molecular weight excluding hydrogens is 258 g/mol. The van der Waals surface area contributed by atoms with Crippen molar-refractivity contribution in [2.24, 2.45) is 5.10 Å². The maximum absolute atomic E-state index is 11.7. The highest BCUT2D eigenvalue weighted by Gasteiger charge is 2.26. The van der Waals surface area contributed by atoms with Gasteiger partial charge < -0.3 is 5.32 Å². The van der Waals surface area contributed by atoms with Crippen LogP contribution < -0.4 is 10.7 Å². The molecular formula is C13H15N5O2. The molecule has 1 aromatic rings. The average molecular weight is 273 g/mol. The number of hydrogen-bond donors (Lipinski definition) is 2. The summed E-state index contributed by atoms with van der Waals surface area (Å²) >= 11 is 0. The van der Waals surface area contributed by atoms with E-state index in [1.54, 1.807) is 0 Å². The number of rotatable bonds is 5. The highest BCUT2D eigenvalue weighted by Crippen LogP contribution is 2.37. The van der Waals surface area contributed by atoms with Crippen molar-refractivity contribution in [2.45, 2.75) is 31.6 Å². The Morgan fingerprint density at radius 2 is 2.10 bits per heavy atom. The number of amides is 2. The summed E-state index contributed by atoms with van der Waals surface area (Å²) in [5.74, 6) is 0.912. The predicted octanol–water partition coefficient (Wildman–Crippen LogP) is -0.111. The van der Waals surface area contributed by atoms with E-state index in [1.807, 2.05) is 12.4 Å². The molecule has 0 unspecified atom stereocenters. The first-order chi connectivity index (χ1) is 9.72. The lowest BCUT2D eigenvalue weighted by molar-refractivity contribution is -0.120. The zero-order valence-corrected chi connectivity index (χ0v) is 10.9. The van der Waals surface area contributed by atoms with Crippen LogP contribution in [-0.2, 0) is 16.0 Å². The van der Waals surface area contributed by atoms with Gasteiger partial charge in [0.25, 0.3) is 5.91 Å². The van der Waals surface area contributed by atoms with E-state index in [2.05, 4.69) is 25.8 Å². The summed E-state index contributed by atoms with van der Waals surface area (Å²) in [5, 5.41) is 6.39. The summed E-state index contributed by atoms with van der Waals surface area (Å²) < 4.78 is 0. The second-order valence-electron chi connectivity index (χ2n) is 5.00. The minimum absolute atomic E-state index is 0.0467. The Kier molecular flexibility index (Phi) is 3.41. The van der Waals surface area contributed by atoms with Crippen LogP contribution in [0.3, 0.4) is 0 Å². The molecule has 1 saturated carbocycles. The van der Waals surface area contributed by atoms with Crippen molar-refractivity contribution in [2.75, 3.05) is 6.54 Å². The zero-order chi connectivity index (χ0) is 13.9. The van der Waals surface area contributed by atoms with Gasteiger partial charge in [0.05, 0.1) is 6.42 Å². The van der Waals surface area contributed by atoms with Crippen LogP contribution in [0.2, 0.25) is 0 Å². The second-order valence-corrected chi connectivity index (χ2v) is 5.00. The lowest BCUT2D eigenvalue weighted by Crippen LogP contribution is -2.32. The zero-order valence-electron chi connectivity index (χ0n) is 10.9. The molecule has 0 aromatic carbocycles. The van der Waals surface area contributed by atoms with Crippen molar-refractivity contribution < 1.29 is 9.59 Å². The van der Waals surface area contributed by atoms with E-state index in [0.717, 1.165) is 11.4 Å². The first kappa shape index (κ1) is 12.7. The summed E-state index contributed by atoms with van der Waals surface area (Å²) in [6.07, 6.45) is 6.70. The van der Waals surface area contributed by atoms with Gasteiger partial charge in [0, 0.05) is 24.9 Å². The minimum Gasteiger partial charge on any atom is -0.351 e. The van der Waals surface area contributed by atoms with E-state index >= 15 is 0 Å². The number of carbonyl (C=O) groups is 2. The van der Waals surface area contributed by atoms with Crippen molar-refractivity contribution >= 4 is 17.5 Å². The fourth-order valence-electron chi connectivity index (χ4n) is 1.96. The largest absolute Gasteiger partial charge is 0.351 e. The Labute approximate surface area is 115 Å². The van der Waals surface area contributed by atoms with E-state index in [-0.39, 0.29) is 23.9 Å². The molecule has 0 bridgehead atoms. The Bertz CT molecular complexity index is 563. The van der Waals surface area contributed by atoms with Crippen LogP contribution in [0.4, 0.5) is 0 Å². The first-order valence-corrected chi connectivity index (χ1v) is 6.67. The van der Waals surface area contributed by atoms with Crippen LogP contribution in [0.1, 0.15) is 36.6 Å².